The second-order valence-electron chi connectivity index (χ2n) is 5.30. The largest absolute Gasteiger partial charge is 0.327 e. The number of nitrogens with two attached hydrogens (primary N) is 1. The Morgan fingerprint density at radius 2 is 1.83 bits per heavy atom. The van der Waals surface area contributed by atoms with E-state index < -0.39 is 15.1 Å². The van der Waals surface area contributed by atoms with Gasteiger partial charge in [0.2, 0.25) is 0 Å². The summed E-state index contributed by atoms with van der Waals surface area (Å²) < 4.78 is 25.3. The van der Waals surface area contributed by atoms with Crippen LogP contribution in [-0.4, -0.2) is 19.7 Å². The topological polar surface area (TPSA) is 60.2 Å². The highest BCUT2D eigenvalue weighted by Gasteiger charge is 2.35. The number of sulfone groups is 1. The number of rotatable bonds is 2. The number of hydrogen-bond donors (Lipinski definition) is 1. The van der Waals surface area contributed by atoms with Gasteiger partial charge in [0.05, 0.1) is 10.1 Å². The molecule has 3 nitrogen and oxygen atoms in total. The molecule has 0 heterocycles. The predicted octanol–water partition coefficient (Wildman–Crippen LogP) is 2.35. The number of benzene rings is 1. The molecule has 1 aliphatic carbocycles. The van der Waals surface area contributed by atoms with Crippen LogP contribution < -0.4 is 5.73 Å². The van der Waals surface area contributed by atoms with Crippen LogP contribution in [0, 0.1) is 13.8 Å². The van der Waals surface area contributed by atoms with Crippen LogP contribution in [0.3, 0.4) is 0 Å². The monoisotopic (exact) mass is 267 g/mol. The van der Waals surface area contributed by atoms with Crippen molar-refractivity contribution in [3.8, 4) is 0 Å². The highest BCUT2D eigenvalue weighted by Crippen LogP contribution is 2.29. The van der Waals surface area contributed by atoms with Gasteiger partial charge < -0.3 is 5.73 Å². The number of hydrogen-bond acceptors (Lipinski definition) is 3. The van der Waals surface area contributed by atoms with Crippen LogP contribution in [0.15, 0.2) is 23.1 Å². The molecule has 4 heteroatoms. The molecule has 0 amide bonds. The molecular weight excluding hydrogens is 246 g/mol. The molecule has 0 aliphatic heterocycles. The lowest BCUT2D eigenvalue weighted by molar-refractivity contribution is 0.432. The summed E-state index contributed by atoms with van der Waals surface area (Å²) in [4.78, 5) is 0.454. The third kappa shape index (κ3) is 2.45. The molecule has 1 aromatic carbocycles. The molecule has 1 fully saturated rings. The van der Waals surface area contributed by atoms with Crippen LogP contribution in [0.25, 0.3) is 0 Å². The zero-order valence-electron chi connectivity index (χ0n) is 11.0. The fourth-order valence-electron chi connectivity index (χ4n) is 2.79. The van der Waals surface area contributed by atoms with Crippen molar-refractivity contribution in [2.45, 2.75) is 55.7 Å². The SMILES string of the molecule is Cc1ccc(S(=O)(=O)C2CCCCC2N)c(C)c1. The summed E-state index contributed by atoms with van der Waals surface area (Å²) in [6.45, 7) is 3.82. The van der Waals surface area contributed by atoms with Gasteiger partial charge in [-0.1, -0.05) is 30.5 Å². The fraction of sp³-hybridized carbons (Fsp3) is 0.571. The molecule has 1 saturated carbocycles. The summed E-state index contributed by atoms with van der Waals surface area (Å²) in [5, 5.41) is -0.410. The Morgan fingerprint density at radius 3 is 2.44 bits per heavy atom. The van der Waals surface area contributed by atoms with Gasteiger partial charge in [-0.25, -0.2) is 8.42 Å². The highest BCUT2D eigenvalue weighted by atomic mass is 32.2. The van der Waals surface area contributed by atoms with E-state index in [4.69, 9.17) is 5.73 Å². The zero-order chi connectivity index (χ0) is 13.3. The van der Waals surface area contributed by atoms with Gasteiger partial charge in [0.15, 0.2) is 9.84 Å². The average molecular weight is 267 g/mol. The van der Waals surface area contributed by atoms with Gasteiger partial charge in [0, 0.05) is 6.04 Å². The molecule has 0 bridgehead atoms. The molecule has 1 aliphatic rings. The van der Waals surface area contributed by atoms with Crippen LogP contribution >= 0.6 is 0 Å². The fourth-order valence-corrected chi connectivity index (χ4v) is 4.96. The zero-order valence-corrected chi connectivity index (χ0v) is 11.8. The first kappa shape index (κ1) is 13.6. The molecule has 18 heavy (non-hydrogen) atoms. The molecule has 2 N–H and O–H groups in total. The Morgan fingerprint density at radius 1 is 1.17 bits per heavy atom. The van der Waals surface area contributed by atoms with E-state index in [2.05, 4.69) is 0 Å². The molecule has 2 atom stereocenters. The summed E-state index contributed by atoms with van der Waals surface area (Å²) in [7, 11) is -3.28. The lowest BCUT2D eigenvalue weighted by atomic mass is 9.96. The van der Waals surface area contributed by atoms with Crippen molar-refractivity contribution >= 4 is 9.84 Å². The first-order valence-corrected chi connectivity index (χ1v) is 8.04. The van der Waals surface area contributed by atoms with Crippen molar-refractivity contribution in [2.75, 3.05) is 0 Å². The summed E-state index contributed by atoms with van der Waals surface area (Å²) in [6.07, 6.45) is 3.51. The van der Waals surface area contributed by atoms with Crippen molar-refractivity contribution in [3.63, 3.8) is 0 Å². The van der Waals surface area contributed by atoms with Crippen LogP contribution in [-0.2, 0) is 9.84 Å². The summed E-state index contributed by atoms with van der Waals surface area (Å²) in [5.41, 5.74) is 7.91. The standard InChI is InChI=1S/C14H21NO2S/c1-10-7-8-13(11(2)9-10)18(16,17)14-6-4-3-5-12(14)15/h7-9,12,14H,3-6,15H2,1-2H3. The molecule has 2 rings (SSSR count). The first-order valence-electron chi connectivity index (χ1n) is 6.49. The lowest BCUT2D eigenvalue weighted by Gasteiger charge is -2.28. The quantitative estimate of drug-likeness (QED) is 0.894. The van der Waals surface area contributed by atoms with E-state index in [1.807, 2.05) is 26.0 Å². The predicted molar refractivity (Wildman–Crippen MR) is 73.3 cm³/mol. The van der Waals surface area contributed by atoms with Gasteiger partial charge in [0.25, 0.3) is 0 Å². The van der Waals surface area contributed by atoms with E-state index in [1.165, 1.54) is 0 Å². The van der Waals surface area contributed by atoms with Crippen molar-refractivity contribution < 1.29 is 8.42 Å². The minimum atomic E-state index is -3.28. The van der Waals surface area contributed by atoms with Crippen molar-refractivity contribution in [1.29, 1.82) is 0 Å². The molecular formula is C14H21NO2S. The first-order chi connectivity index (χ1) is 8.43. The molecule has 0 radical (unpaired) electrons. The second kappa shape index (κ2) is 5.02. The lowest BCUT2D eigenvalue weighted by Crippen LogP contribution is -2.42. The third-order valence-electron chi connectivity index (χ3n) is 3.79. The van der Waals surface area contributed by atoms with Gasteiger partial charge in [-0.3, -0.25) is 0 Å². The average Bonchev–Trinajstić information content (AvgIpc) is 2.28. The van der Waals surface area contributed by atoms with E-state index in [9.17, 15) is 8.42 Å². The minimum Gasteiger partial charge on any atom is -0.327 e. The van der Waals surface area contributed by atoms with Crippen molar-refractivity contribution in [3.05, 3.63) is 29.3 Å². The van der Waals surface area contributed by atoms with Crippen LogP contribution in [0.1, 0.15) is 36.8 Å². The summed E-state index contributed by atoms with van der Waals surface area (Å²) >= 11 is 0. The van der Waals surface area contributed by atoms with E-state index in [-0.39, 0.29) is 6.04 Å². The molecule has 2 unspecified atom stereocenters. The molecule has 100 valence electrons. The van der Waals surface area contributed by atoms with Crippen LogP contribution in [0.5, 0.6) is 0 Å². The van der Waals surface area contributed by atoms with Gasteiger partial charge in [-0.2, -0.15) is 0 Å². The van der Waals surface area contributed by atoms with E-state index in [0.29, 0.717) is 11.3 Å². The second-order valence-corrected chi connectivity index (χ2v) is 7.44. The van der Waals surface area contributed by atoms with Gasteiger partial charge in [-0.05, 0) is 38.3 Å². The molecule has 0 aromatic heterocycles. The Kier molecular flexibility index (Phi) is 3.78. The van der Waals surface area contributed by atoms with Crippen LogP contribution in [0.4, 0.5) is 0 Å². The normalized spacial score (nSPS) is 25.1. The maximum atomic E-state index is 12.6. The van der Waals surface area contributed by atoms with Gasteiger partial charge in [0.1, 0.15) is 0 Å². The van der Waals surface area contributed by atoms with Crippen LogP contribution in [0.2, 0.25) is 0 Å². The van der Waals surface area contributed by atoms with E-state index in [0.717, 1.165) is 30.4 Å². The summed E-state index contributed by atoms with van der Waals surface area (Å²) in [6, 6.07) is 5.28. The van der Waals surface area contributed by atoms with Gasteiger partial charge >= 0.3 is 0 Å². The summed E-state index contributed by atoms with van der Waals surface area (Å²) in [5.74, 6) is 0. The Hall–Kier alpha value is -0.870. The Bertz CT molecular complexity index is 537. The third-order valence-corrected chi connectivity index (χ3v) is 6.24. The molecule has 1 aromatic rings. The Labute approximate surface area is 109 Å². The minimum absolute atomic E-state index is 0.218. The molecule has 0 saturated heterocycles. The van der Waals surface area contributed by atoms with Crippen molar-refractivity contribution in [1.82, 2.24) is 0 Å². The maximum Gasteiger partial charge on any atom is 0.183 e. The van der Waals surface area contributed by atoms with Crippen molar-refractivity contribution in [2.24, 2.45) is 5.73 Å². The molecule has 0 spiro atoms. The smallest absolute Gasteiger partial charge is 0.183 e. The maximum absolute atomic E-state index is 12.6. The Balaban J connectivity index is 2.41. The highest BCUT2D eigenvalue weighted by molar-refractivity contribution is 7.92. The number of aryl methyl sites for hydroxylation is 2. The van der Waals surface area contributed by atoms with Gasteiger partial charge in [-0.15, -0.1) is 0 Å². The van der Waals surface area contributed by atoms with E-state index >= 15 is 0 Å². The van der Waals surface area contributed by atoms with E-state index in [1.54, 1.807) is 6.07 Å².